The summed E-state index contributed by atoms with van der Waals surface area (Å²) in [6.45, 7) is 2.76. The van der Waals surface area contributed by atoms with Gasteiger partial charge in [-0.05, 0) is 43.2 Å². The van der Waals surface area contributed by atoms with E-state index in [-0.39, 0.29) is 5.91 Å². The van der Waals surface area contributed by atoms with Crippen LogP contribution in [0.2, 0.25) is 5.02 Å². The van der Waals surface area contributed by atoms with E-state index >= 15 is 0 Å². The molecule has 3 rings (SSSR count). The second-order valence-electron chi connectivity index (χ2n) is 5.76. The second-order valence-corrected chi connectivity index (χ2v) is 7.28. The van der Waals surface area contributed by atoms with Crippen molar-refractivity contribution >= 4 is 28.8 Å². The summed E-state index contributed by atoms with van der Waals surface area (Å²) < 4.78 is 5.69. The topological polar surface area (TPSA) is 51.2 Å². The largest absolute Gasteiger partial charge is 0.486 e. The Labute approximate surface area is 161 Å². The minimum absolute atomic E-state index is 0.0892. The SMILES string of the molecule is Cc1nc(COc2ccc(Cl)cc2)sc1C(=O)NCCc1ccccc1. The third-order valence-corrected chi connectivity index (χ3v) is 5.15. The van der Waals surface area contributed by atoms with Crippen LogP contribution in [0, 0.1) is 6.92 Å². The molecule has 1 N–H and O–H groups in total. The molecule has 0 saturated carbocycles. The molecule has 0 atom stereocenters. The summed E-state index contributed by atoms with van der Waals surface area (Å²) in [4.78, 5) is 17.5. The molecule has 1 aromatic heterocycles. The van der Waals surface area contributed by atoms with Gasteiger partial charge in [0, 0.05) is 11.6 Å². The van der Waals surface area contributed by atoms with Gasteiger partial charge in [-0.15, -0.1) is 11.3 Å². The van der Waals surface area contributed by atoms with E-state index in [0.717, 1.165) is 22.9 Å². The van der Waals surface area contributed by atoms with Crippen LogP contribution in [0.1, 0.15) is 25.9 Å². The molecular weight excluding hydrogens is 368 g/mol. The summed E-state index contributed by atoms with van der Waals surface area (Å²) in [7, 11) is 0. The lowest BCUT2D eigenvalue weighted by molar-refractivity contribution is 0.0957. The van der Waals surface area contributed by atoms with E-state index in [4.69, 9.17) is 16.3 Å². The van der Waals surface area contributed by atoms with Crippen LogP contribution in [-0.4, -0.2) is 17.4 Å². The predicted molar refractivity (Wildman–Crippen MR) is 105 cm³/mol. The lowest BCUT2D eigenvalue weighted by atomic mass is 10.1. The summed E-state index contributed by atoms with van der Waals surface area (Å²) >= 11 is 7.22. The molecule has 0 bridgehead atoms. The zero-order chi connectivity index (χ0) is 18.4. The standard InChI is InChI=1S/C20H19ClN2O2S/c1-14-19(20(24)22-12-11-15-5-3-2-4-6-15)26-18(23-14)13-25-17-9-7-16(21)8-10-17/h2-10H,11-13H2,1H3,(H,22,24). The first kappa shape index (κ1) is 18.4. The molecule has 1 heterocycles. The number of hydrogen-bond acceptors (Lipinski definition) is 4. The Bertz CT molecular complexity index is 863. The van der Waals surface area contributed by atoms with Crippen molar-refractivity contribution in [1.82, 2.24) is 10.3 Å². The van der Waals surface area contributed by atoms with Crippen LogP contribution in [0.3, 0.4) is 0 Å². The summed E-state index contributed by atoms with van der Waals surface area (Å²) in [5, 5.41) is 4.39. The fourth-order valence-electron chi connectivity index (χ4n) is 2.45. The van der Waals surface area contributed by atoms with Crippen LogP contribution in [0.4, 0.5) is 0 Å². The molecule has 0 fully saturated rings. The molecule has 0 spiro atoms. The van der Waals surface area contributed by atoms with Gasteiger partial charge in [0.1, 0.15) is 22.2 Å². The molecule has 0 aliphatic rings. The molecule has 0 aliphatic carbocycles. The highest BCUT2D eigenvalue weighted by Gasteiger charge is 2.15. The number of halogens is 1. The number of hydrogen-bond donors (Lipinski definition) is 1. The molecule has 134 valence electrons. The minimum atomic E-state index is -0.0892. The van der Waals surface area contributed by atoms with E-state index in [2.05, 4.69) is 22.4 Å². The average Bonchev–Trinajstić information content (AvgIpc) is 3.03. The van der Waals surface area contributed by atoms with E-state index in [1.807, 2.05) is 25.1 Å². The Morgan fingerprint density at radius 3 is 2.62 bits per heavy atom. The molecule has 2 aromatic carbocycles. The quantitative estimate of drug-likeness (QED) is 0.642. The molecular formula is C20H19ClN2O2S. The maximum atomic E-state index is 12.4. The van der Waals surface area contributed by atoms with Crippen molar-refractivity contribution in [2.45, 2.75) is 20.0 Å². The number of ether oxygens (including phenoxy) is 1. The summed E-state index contributed by atoms with van der Waals surface area (Å²) in [6.07, 6.45) is 0.803. The van der Waals surface area contributed by atoms with Crippen molar-refractivity contribution in [2.24, 2.45) is 0 Å². The first-order valence-corrected chi connectivity index (χ1v) is 9.48. The summed E-state index contributed by atoms with van der Waals surface area (Å²) in [5.41, 5.74) is 1.92. The van der Waals surface area contributed by atoms with Crippen molar-refractivity contribution in [3.05, 3.63) is 80.8 Å². The number of thiazole rings is 1. The lowest BCUT2D eigenvalue weighted by Crippen LogP contribution is -2.25. The van der Waals surface area contributed by atoms with Crippen LogP contribution in [-0.2, 0) is 13.0 Å². The molecule has 1 amide bonds. The van der Waals surface area contributed by atoms with Gasteiger partial charge in [0.15, 0.2) is 0 Å². The highest BCUT2D eigenvalue weighted by molar-refractivity contribution is 7.13. The third kappa shape index (κ3) is 5.07. The van der Waals surface area contributed by atoms with Crippen molar-refractivity contribution in [1.29, 1.82) is 0 Å². The Balaban J connectivity index is 1.53. The van der Waals surface area contributed by atoms with Gasteiger partial charge >= 0.3 is 0 Å². The van der Waals surface area contributed by atoms with Crippen molar-refractivity contribution in [2.75, 3.05) is 6.54 Å². The molecule has 0 aliphatic heterocycles. The van der Waals surface area contributed by atoms with E-state index in [1.165, 1.54) is 16.9 Å². The number of aryl methyl sites for hydroxylation is 1. The van der Waals surface area contributed by atoms with Gasteiger partial charge in [0.25, 0.3) is 5.91 Å². The smallest absolute Gasteiger partial charge is 0.263 e. The normalized spacial score (nSPS) is 10.5. The monoisotopic (exact) mass is 386 g/mol. The zero-order valence-corrected chi connectivity index (χ0v) is 15.9. The third-order valence-electron chi connectivity index (χ3n) is 3.77. The molecule has 3 aromatic rings. The van der Waals surface area contributed by atoms with Gasteiger partial charge in [-0.1, -0.05) is 41.9 Å². The Kier molecular flexibility index (Phi) is 6.26. The molecule has 0 saturated heterocycles. The highest BCUT2D eigenvalue weighted by Crippen LogP contribution is 2.21. The van der Waals surface area contributed by atoms with Crippen molar-refractivity contribution in [3.8, 4) is 5.75 Å². The summed E-state index contributed by atoms with van der Waals surface area (Å²) in [5.74, 6) is 0.629. The van der Waals surface area contributed by atoms with Crippen LogP contribution in [0.5, 0.6) is 5.75 Å². The van der Waals surface area contributed by atoms with E-state index in [9.17, 15) is 4.79 Å². The molecule has 6 heteroatoms. The minimum Gasteiger partial charge on any atom is -0.486 e. The average molecular weight is 387 g/mol. The van der Waals surface area contributed by atoms with Gasteiger partial charge < -0.3 is 10.1 Å². The van der Waals surface area contributed by atoms with Gasteiger partial charge in [-0.3, -0.25) is 4.79 Å². The number of carbonyl (C=O) groups is 1. The number of amides is 1. The highest BCUT2D eigenvalue weighted by atomic mass is 35.5. The number of aromatic nitrogens is 1. The lowest BCUT2D eigenvalue weighted by Gasteiger charge is -2.04. The number of nitrogens with zero attached hydrogens (tertiary/aromatic N) is 1. The van der Waals surface area contributed by atoms with Gasteiger partial charge in [0.05, 0.1) is 5.69 Å². The Morgan fingerprint density at radius 1 is 1.15 bits per heavy atom. The number of nitrogens with one attached hydrogen (secondary N) is 1. The predicted octanol–water partition coefficient (Wildman–Crippen LogP) is 4.66. The van der Waals surface area contributed by atoms with Crippen LogP contribution >= 0.6 is 22.9 Å². The van der Waals surface area contributed by atoms with E-state index in [1.54, 1.807) is 24.3 Å². The molecule has 0 unspecified atom stereocenters. The maximum absolute atomic E-state index is 12.4. The number of benzene rings is 2. The summed E-state index contributed by atoms with van der Waals surface area (Å²) in [6, 6.07) is 17.2. The first-order valence-electron chi connectivity index (χ1n) is 8.28. The van der Waals surface area contributed by atoms with Crippen LogP contribution in [0.15, 0.2) is 54.6 Å². The molecule has 26 heavy (non-hydrogen) atoms. The Morgan fingerprint density at radius 2 is 1.88 bits per heavy atom. The fourth-order valence-corrected chi connectivity index (χ4v) is 3.47. The molecule has 0 radical (unpaired) electrons. The van der Waals surface area contributed by atoms with Crippen LogP contribution in [0.25, 0.3) is 0 Å². The first-order chi connectivity index (χ1) is 12.6. The Hall–Kier alpha value is -2.37. The van der Waals surface area contributed by atoms with Crippen molar-refractivity contribution < 1.29 is 9.53 Å². The fraction of sp³-hybridized carbons (Fsp3) is 0.200. The van der Waals surface area contributed by atoms with Crippen molar-refractivity contribution in [3.63, 3.8) is 0 Å². The van der Waals surface area contributed by atoms with E-state index in [0.29, 0.717) is 23.1 Å². The van der Waals surface area contributed by atoms with E-state index < -0.39 is 0 Å². The molecule has 4 nitrogen and oxygen atoms in total. The van der Waals surface area contributed by atoms with Gasteiger partial charge in [-0.25, -0.2) is 4.98 Å². The number of rotatable bonds is 7. The second kappa shape index (κ2) is 8.83. The zero-order valence-electron chi connectivity index (χ0n) is 14.4. The van der Waals surface area contributed by atoms with Gasteiger partial charge in [0.2, 0.25) is 0 Å². The van der Waals surface area contributed by atoms with Gasteiger partial charge in [-0.2, -0.15) is 0 Å². The maximum Gasteiger partial charge on any atom is 0.263 e. The number of carbonyl (C=O) groups excluding carboxylic acids is 1. The van der Waals surface area contributed by atoms with Crippen LogP contribution < -0.4 is 10.1 Å².